The summed E-state index contributed by atoms with van der Waals surface area (Å²) < 4.78 is 0. The molecule has 0 saturated carbocycles. The van der Waals surface area contributed by atoms with Crippen LogP contribution < -0.4 is 11.1 Å². The Morgan fingerprint density at radius 2 is 2.50 bits per heavy atom. The average molecular weight is 131 g/mol. The van der Waals surface area contributed by atoms with Crippen LogP contribution in [0.5, 0.6) is 0 Å². The third kappa shape index (κ3) is 1.25. The van der Waals surface area contributed by atoms with E-state index in [1.165, 1.54) is 0 Å². The van der Waals surface area contributed by atoms with Gasteiger partial charge in [-0.05, 0) is 12.2 Å². The summed E-state index contributed by atoms with van der Waals surface area (Å²) in [5.74, 6) is 0. The third-order valence-electron chi connectivity index (χ3n) is 0.876. The van der Waals surface area contributed by atoms with E-state index >= 15 is 0 Å². The number of halogens is 1. The van der Waals surface area contributed by atoms with Crippen molar-refractivity contribution in [3.05, 3.63) is 23.4 Å². The van der Waals surface area contributed by atoms with Crippen molar-refractivity contribution in [2.45, 2.75) is 6.17 Å². The van der Waals surface area contributed by atoms with E-state index in [0.717, 1.165) is 0 Å². The molecule has 1 aliphatic rings. The van der Waals surface area contributed by atoms with Crippen LogP contribution >= 0.6 is 11.6 Å². The minimum absolute atomic E-state index is 0.0718. The molecule has 1 aliphatic heterocycles. The molecule has 8 heavy (non-hydrogen) atoms. The minimum Gasteiger partial charge on any atom is -0.371 e. The van der Waals surface area contributed by atoms with Crippen LogP contribution in [0.4, 0.5) is 0 Å². The summed E-state index contributed by atoms with van der Waals surface area (Å²) >= 11 is 5.54. The molecule has 3 heteroatoms. The van der Waals surface area contributed by atoms with Crippen LogP contribution in [0.2, 0.25) is 0 Å². The topological polar surface area (TPSA) is 38.0 Å². The molecule has 44 valence electrons. The molecule has 0 bridgehead atoms. The number of hydrogen-bond donors (Lipinski definition) is 2. The zero-order valence-corrected chi connectivity index (χ0v) is 5.02. The largest absolute Gasteiger partial charge is 0.371 e. The van der Waals surface area contributed by atoms with Crippen molar-refractivity contribution in [3.63, 3.8) is 0 Å². The van der Waals surface area contributed by atoms with Gasteiger partial charge in [0, 0.05) is 6.20 Å². The Labute approximate surface area is 53.0 Å². The van der Waals surface area contributed by atoms with E-state index in [1.807, 2.05) is 0 Å². The van der Waals surface area contributed by atoms with Crippen molar-refractivity contribution < 1.29 is 0 Å². The maximum Gasteiger partial charge on any atom is 0.0934 e. The fourth-order valence-electron chi connectivity index (χ4n) is 0.475. The molecule has 3 N–H and O–H groups in total. The number of hydrogen-bond acceptors (Lipinski definition) is 2. The lowest BCUT2D eigenvalue weighted by molar-refractivity contribution is 0.726. The smallest absolute Gasteiger partial charge is 0.0934 e. The first-order valence-electron chi connectivity index (χ1n) is 2.34. The lowest BCUT2D eigenvalue weighted by Gasteiger charge is -2.09. The SMILES string of the molecule is NC1C=CC(Cl)=CN1. The van der Waals surface area contributed by atoms with Gasteiger partial charge in [-0.1, -0.05) is 11.6 Å². The van der Waals surface area contributed by atoms with Gasteiger partial charge in [-0.15, -0.1) is 0 Å². The molecule has 1 unspecified atom stereocenters. The second-order valence-corrected chi connectivity index (χ2v) is 2.02. The third-order valence-corrected chi connectivity index (χ3v) is 1.11. The van der Waals surface area contributed by atoms with Crippen molar-refractivity contribution in [1.29, 1.82) is 0 Å². The van der Waals surface area contributed by atoms with E-state index in [0.29, 0.717) is 5.03 Å². The van der Waals surface area contributed by atoms with Crippen LogP contribution in [0.1, 0.15) is 0 Å². The number of rotatable bonds is 0. The van der Waals surface area contributed by atoms with Gasteiger partial charge in [-0.3, -0.25) is 0 Å². The maximum atomic E-state index is 5.54. The van der Waals surface area contributed by atoms with Gasteiger partial charge in [-0.2, -0.15) is 0 Å². The minimum atomic E-state index is -0.0718. The summed E-state index contributed by atoms with van der Waals surface area (Å²) in [6.45, 7) is 0. The zero-order chi connectivity index (χ0) is 5.98. The molecule has 0 fully saturated rings. The number of dihydropyridines is 1. The molecule has 0 aromatic heterocycles. The Morgan fingerprint density at radius 3 is 2.88 bits per heavy atom. The second kappa shape index (κ2) is 2.20. The van der Waals surface area contributed by atoms with Crippen LogP contribution in [-0.4, -0.2) is 6.17 Å². The molecule has 0 radical (unpaired) electrons. The van der Waals surface area contributed by atoms with Crippen LogP contribution in [0.3, 0.4) is 0 Å². The lowest BCUT2D eigenvalue weighted by Crippen LogP contribution is -2.32. The Kier molecular flexibility index (Phi) is 1.56. The highest BCUT2D eigenvalue weighted by molar-refractivity contribution is 6.31. The molecular weight excluding hydrogens is 124 g/mol. The van der Waals surface area contributed by atoms with E-state index in [2.05, 4.69) is 5.32 Å². The van der Waals surface area contributed by atoms with Crippen molar-refractivity contribution in [2.75, 3.05) is 0 Å². The number of nitrogens with two attached hydrogens (primary N) is 1. The lowest BCUT2D eigenvalue weighted by atomic mass is 10.3. The molecule has 0 aromatic rings. The molecule has 0 aliphatic carbocycles. The first kappa shape index (κ1) is 5.66. The van der Waals surface area contributed by atoms with Crippen molar-refractivity contribution in [1.82, 2.24) is 5.32 Å². The highest BCUT2D eigenvalue weighted by Crippen LogP contribution is 2.04. The van der Waals surface area contributed by atoms with Crippen LogP contribution in [0.15, 0.2) is 23.4 Å². The van der Waals surface area contributed by atoms with Gasteiger partial charge < -0.3 is 11.1 Å². The van der Waals surface area contributed by atoms with E-state index in [-0.39, 0.29) is 6.17 Å². The zero-order valence-electron chi connectivity index (χ0n) is 4.26. The van der Waals surface area contributed by atoms with Crippen molar-refractivity contribution in [2.24, 2.45) is 5.73 Å². The van der Waals surface area contributed by atoms with Crippen LogP contribution in [0.25, 0.3) is 0 Å². The van der Waals surface area contributed by atoms with Gasteiger partial charge in [0.25, 0.3) is 0 Å². The first-order chi connectivity index (χ1) is 3.79. The maximum absolute atomic E-state index is 5.54. The first-order valence-corrected chi connectivity index (χ1v) is 2.72. The molecule has 1 atom stereocenters. The summed E-state index contributed by atoms with van der Waals surface area (Å²) in [5, 5.41) is 3.52. The predicted molar refractivity (Wildman–Crippen MR) is 34.2 cm³/mol. The van der Waals surface area contributed by atoms with Gasteiger partial charge in [0.1, 0.15) is 0 Å². The van der Waals surface area contributed by atoms with Crippen LogP contribution in [0, 0.1) is 0 Å². The van der Waals surface area contributed by atoms with Gasteiger partial charge in [0.15, 0.2) is 0 Å². The van der Waals surface area contributed by atoms with Crippen molar-refractivity contribution >= 4 is 11.6 Å². The van der Waals surface area contributed by atoms with E-state index in [4.69, 9.17) is 17.3 Å². The van der Waals surface area contributed by atoms with E-state index in [9.17, 15) is 0 Å². The highest BCUT2D eigenvalue weighted by atomic mass is 35.5. The molecular formula is C5H7ClN2. The highest BCUT2D eigenvalue weighted by Gasteiger charge is 1.97. The summed E-state index contributed by atoms with van der Waals surface area (Å²) in [7, 11) is 0. The molecule has 1 rings (SSSR count). The fraction of sp³-hybridized carbons (Fsp3) is 0.200. The van der Waals surface area contributed by atoms with Crippen molar-refractivity contribution in [3.8, 4) is 0 Å². The Hall–Kier alpha value is -0.470. The second-order valence-electron chi connectivity index (χ2n) is 1.58. The Morgan fingerprint density at radius 1 is 1.75 bits per heavy atom. The van der Waals surface area contributed by atoms with Gasteiger partial charge in [-0.25, -0.2) is 0 Å². The summed E-state index contributed by atoms with van der Waals surface area (Å²) in [6.07, 6.45) is 5.16. The van der Waals surface area contributed by atoms with Gasteiger partial charge >= 0.3 is 0 Å². The van der Waals surface area contributed by atoms with Gasteiger partial charge in [0.05, 0.1) is 11.2 Å². The van der Waals surface area contributed by atoms with E-state index < -0.39 is 0 Å². The average Bonchev–Trinajstić information content (AvgIpc) is 1.77. The van der Waals surface area contributed by atoms with Crippen LogP contribution in [-0.2, 0) is 0 Å². The Bertz CT molecular complexity index is 139. The normalized spacial score (nSPS) is 26.8. The molecule has 0 spiro atoms. The molecule has 0 amide bonds. The van der Waals surface area contributed by atoms with E-state index in [1.54, 1.807) is 18.4 Å². The standard InChI is InChI=1S/C5H7ClN2/c6-4-1-2-5(7)8-3-4/h1-3,5,8H,7H2. The molecule has 1 heterocycles. The number of nitrogens with one attached hydrogen (secondary N) is 1. The van der Waals surface area contributed by atoms with Gasteiger partial charge in [0.2, 0.25) is 0 Å². The molecule has 0 saturated heterocycles. The summed E-state index contributed by atoms with van der Waals surface area (Å²) in [4.78, 5) is 0. The fourth-order valence-corrected chi connectivity index (χ4v) is 0.611. The summed E-state index contributed by atoms with van der Waals surface area (Å²) in [6, 6.07) is 0. The summed E-state index contributed by atoms with van der Waals surface area (Å²) in [5.41, 5.74) is 5.40. The quantitative estimate of drug-likeness (QED) is 0.502. The number of allylic oxidation sites excluding steroid dienone is 2. The monoisotopic (exact) mass is 130 g/mol. The molecule has 0 aromatic carbocycles. The molecule has 2 nitrogen and oxygen atoms in total. The predicted octanol–water partition coefficient (Wildman–Crippen LogP) is 0.511. The Balaban J connectivity index is 2.58.